The Morgan fingerprint density at radius 3 is 2.05 bits per heavy atom. The van der Waals surface area contributed by atoms with Crippen LogP contribution in [0.3, 0.4) is 0 Å². The maximum absolute atomic E-state index is 5.07. The highest BCUT2D eigenvalue weighted by Gasteiger charge is 2.17. The molecule has 0 radical (unpaired) electrons. The Bertz CT molecular complexity index is 2140. The van der Waals surface area contributed by atoms with Crippen molar-refractivity contribution >= 4 is 53.3 Å². The maximum atomic E-state index is 5.07. The molecule has 0 fully saturated rings. The smallest absolute Gasteiger partial charge is 0.165 e. The largest absolute Gasteiger partial charge is 0.355 e. The molecule has 0 unspecified atom stereocenters. The Labute approximate surface area is 222 Å². The van der Waals surface area contributed by atoms with E-state index in [1.807, 2.05) is 30.3 Å². The van der Waals surface area contributed by atoms with Crippen LogP contribution in [0.2, 0.25) is 0 Å². The van der Waals surface area contributed by atoms with Gasteiger partial charge < -0.3 is 4.98 Å². The summed E-state index contributed by atoms with van der Waals surface area (Å²) in [7, 11) is 0. The van der Waals surface area contributed by atoms with Gasteiger partial charge in [-0.25, -0.2) is 15.0 Å². The molecule has 38 heavy (non-hydrogen) atoms. The van der Waals surface area contributed by atoms with Crippen LogP contribution in [0.5, 0.6) is 0 Å². The number of nitrogens with zero attached hydrogens (tertiary/aromatic N) is 3. The molecule has 0 aliphatic carbocycles. The quantitative estimate of drug-likeness (QED) is 0.261. The van der Waals surface area contributed by atoms with Gasteiger partial charge in [-0.3, -0.25) is 0 Å². The number of hydrogen-bond donors (Lipinski definition) is 1. The molecule has 1 N–H and O–H groups in total. The average molecular weight is 505 g/mol. The second-order valence-electron chi connectivity index (χ2n) is 9.38. The molecule has 0 bridgehead atoms. The summed E-state index contributed by atoms with van der Waals surface area (Å²) in [4.78, 5) is 18.5. The second-order valence-corrected chi connectivity index (χ2v) is 10.4. The third-order valence-corrected chi connectivity index (χ3v) is 8.30. The summed E-state index contributed by atoms with van der Waals surface area (Å²) in [5.74, 6) is 2.02. The first-order valence-electron chi connectivity index (χ1n) is 12.5. The normalized spacial score (nSPS) is 11.7. The molecule has 0 spiro atoms. The molecular weight excluding hydrogens is 484 g/mol. The van der Waals surface area contributed by atoms with Crippen LogP contribution in [-0.2, 0) is 0 Å². The van der Waals surface area contributed by atoms with Gasteiger partial charge in [0.05, 0.1) is 0 Å². The lowest BCUT2D eigenvalue weighted by atomic mass is 10.1. The molecule has 0 saturated heterocycles. The molecule has 0 aliphatic heterocycles. The first kappa shape index (κ1) is 21.2. The maximum Gasteiger partial charge on any atom is 0.165 e. The highest BCUT2D eigenvalue weighted by atomic mass is 32.1. The summed E-state index contributed by atoms with van der Waals surface area (Å²) in [6, 6.07) is 39.8. The predicted molar refractivity (Wildman–Crippen MR) is 158 cm³/mol. The van der Waals surface area contributed by atoms with E-state index in [4.69, 9.17) is 15.0 Å². The molecule has 8 aromatic rings. The van der Waals surface area contributed by atoms with Gasteiger partial charge in [0, 0.05) is 58.7 Å². The number of thiophene rings is 1. The number of aromatic amines is 1. The lowest BCUT2D eigenvalue weighted by Gasteiger charge is -2.09. The zero-order valence-electron chi connectivity index (χ0n) is 20.2. The van der Waals surface area contributed by atoms with E-state index in [9.17, 15) is 0 Å². The fraction of sp³-hybridized carbons (Fsp3) is 0. The van der Waals surface area contributed by atoms with Gasteiger partial charge >= 0.3 is 0 Å². The molecule has 4 nitrogen and oxygen atoms in total. The fourth-order valence-electron chi connectivity index (χ4n) is 5.25. The van der Waals surface area contributed by atoms with Crippen LogP contribution in [0.25, 0.3) is 76.1 Å². The molecule has 178 valence electrons. The minimum absolute atomic E-state index is 0.666. The summed E-state index contributed by atoms with van der Waals surface area (Å²) >= 11 is 1.79. The van der Waals surface area contributed by atoms with Crippen LogP contribution in [0.1, 0.15) is 0 Å². The zero-order valence-corrected chi connectivity index (χ0v) is 21.0. The van der Waals surface area contributed by atoms with Gasteiger partial charge in [0.25, 0.3) is 0 Å². The van der Waals surface area contributed by atoms with Crippen LogP contribution in [0.15, 0.2) is 115 Å². The summed E-state index contributed by atoms with van der Waals surface area (Å²) in [5, 5.41) is 4.84. The lowest BCUT2D eigenvalue weighted by Crippen LogP contribution is -2.00. The summed E-state index contributed by atoms with van der Waals surface area (Å²) in [5.41, 5.74) is 5.18. The monoisotopic (exact) mass is 504 g/mol. The van der Waals surface area contributed by atoms with Crippen molar-refractivity contribution in [1.82, 2.24) is 19.9 Å². The van der Waals surface area contributed by atoms with Crippen molar-refractivity contribution in [2.45, 2.75) is 0 Å². The molecule has 0 aliphatic rings. The van der Waals surface area contributed by atoms with Gasteiger partial charge in [-0.1, -0.05) is 78.9 Å². The van der Waals surface area contributed by atoms with Crippen molar-refractivity contribution in [3.8, 4) is 34.2 Å². The predicted octanol–water partition coefficient (Wildman–Crippen LogP) is 8.87. The van der Waals surface area contributed by atoms with E-state index in [0.717, 1.165) is 33.1 Å². The molecule has 3 heterocycles. The van der Waals surface area contributed by atoms with Crippen molar-refractivity contribution in [2.75, 3.05) is 0 Å². The Kier molecular flexibility index (Phi) is 4.66. The van der Waals surface area contributed by atoms with E-state index >= 15 is 0 Å². The number of H-pyrrole nitrogens is 1. The molecule has 5 heteroatoms. The van der Waals surface area contributed by atoms with Crippen molar-refractivity contribution in [3.63, 3.8) is 0 Å². The summed E-state index contributed by atoms with van der Waals surface area (Å²) in [6.45, 7) is 0. The first-order valence-corrected chi connectivity index (χ1v) is 13.4. The molecule has 8 rings (SSSR count). The van der Waals surface area contributed by atoms with Gasteiger partial charge in [0.2, 0.25) is 0 Å². The third-order valence-electron chi connectivity index (χ3n) is 7.08. The van der Waals surface area contributed by atoms with Gasteiger partial charge in [-0.2, -0.15) is 0 Å². The van der Waals surface area contributed by atoms with E-state index in [1.54, 1.807) is 11.3 Å². The van der Waals surface area contributed by atoms with Crippen LogP contribution in [-0.4, -0.2) is 19.9 Å². The Morgan fingerprint density at radius 2 is 1.16 bits per heavy atom. The van der Waals surface area contributed by atoms with Crippen LogP contribution >= 0.6 is 11.3 Å². The number of rotatable bonds is 3. The highest BCUT2D eigenvalue weighted by Crippen LogP contribution is 2.39. The van der Waals surface area contributed by atoms with E-state index < -0.39 is 0 Å². The average Bonchev–Trinajstić information content (AvgIpc) is 3.55. The second kappa shape index (κ2) is 8.33. The van der Waals surface area contributed by atoms with Crippen LogP contribution in [0.4, 0.5) is 0 Å². The van der Waals surface area contributed by atoms with Crippen molar-refractivity contribution in [1.29, 1.82) is 0 Å². The molecule has 3 aromatic heterocycles. The first-order chi connectivity index (χ1) is 18.8. The number of fused-ring (bicyclic) bond motifs is 6. The van der Waals surface area contributed by atoms with E-state index in [0.29, 0.717) is 17.5 Å². The zero-order chi connectivity index (χ0) is 25.1. The third kappa shape index (κ3) is 3.33. The Balaban J connectivity index is 1.39. The van der Waals surface area contributed by atoms with Gasteiger partial charge in [-0.15, -0.1) is 11.3 Å². The lowest BCUT2D eigenvalue weighted by molar-refractivity contribution is 1.08. The van der Waals surface area contributed by atoms with Gasteiger partial charge in [0.1, 0.15) is 0 Å². The van der Waals surface area contributed by atoms with Crippen LogP contribution in [0, 0.1) is 0 Å². The summed E-state index contributed by atoms with van der Waals surface area (Å²) < 4.78 is 2.45. The number of hydrogen-bond acceptors (Lipinski definition) is 4. The van der Waals surface area contributed by atoms with E-state index in [2.05, 4.69) is 89.9 Å². The van der Waals surface area contributed by atoms with Crippen molar-refractivity contribution in [3.05, 3.63) is 115 Å². The molecular formula is C33H20N4S. The van der Waals surface area contributed by atoms with E-state index in [-0.39, 0.29) is 0 Å². The van der Waals surface area contributed by atoms with Gasteiger partial charge in [0.15, 0.2) is 17.5 Å². The Morgan fingerprint density at radius 1 is 0.474 bits per heavy atom. The minimum atomic E-state index is 0.666. The minimum Gasteiger partial charge on any atom is -0.355 e. The fourth-order valence-corrected chi connectivity index (χ4v) is 6.46. The molecule has 5 aromatic carbocycles. The van der Waals surface area contributed by atoms with Gasteiger partial charge in [-0.05, 0) is 36.4 Å². The van der Waals surface area contributed by atoms with Crippen LogP contribution < -0.4 is 0 Å². The number of benzene rings is 5. The topological polar surface area (TPSA) is 54.5 Å². The number of nitrogens with one attached hydrogen (secondary N) is 1. The number of aromatic nitrogens is 4. The van der Waals surface area contributed by atoms with E-state index in [1.165, 1.54) is 25.6 Å². The summed E-state index contributed by atoms with van der Waals surface area (Å²) in [6.07, 6.45) is 0. The van der Waals surface area contributed by atoms with Crippen molar-refractivity contribution in [2.24, 2.45) is 0 Å². The molecule has 0 atom stereocenters. The molecule has 0 saturated carbocycles. The standard InChI is InChI=1S/C33H20N4S/c1-2-9-20(10-3-1)31-35-32(21-17-18-28-26(19-21)22-11-4-6-15-27(22)34-28)37-33(36-31)25-14-8-13-24-23-12-5-7-16-29(23)38-30(24)25/h1-19,34H. The van der Waals surface area contributed by atoms with Crippen molar-refractivity contribution < 1.29 is 0 Å². The Hall–Kier alpha value is -4.87. The number of para-hydroxylation sites is 1. The SMILES string of the molecule is c1ccc(-c2nc(-c3ccc4[nH]c5ccccc5c4c3)nc(-c3cccc4c3sc3ccccc34)n2)cc1. The molecule has 0 amide bonds. The highest BCUT2D eigenvalue weighted by molar-refractivity contribution is 7.26.